The summed E-state index contributed by atoms with van der Waals surface area (Å²) in [7, 11) is -3.64. The Bertz CT molecular complexity index is 632. The molecule has 0 radical (unpaired) electrons. The summed E-state index contributed by atoms with van der Waals surface area (Å²) in [6.45, 7) is 2.25. The molecule has 0 amide bonds. The third-order valence-electron chi connectivity index (χ3n) is 2.30. The number of aryl methyl sites for hydroxylation is 1. The molecule has 0 spiro atoms. The van der Waals surface area contributed by atoms with E-state index in [1.165, 1.54) is 12.1 Å². The Morgan fingerprint density at radius 1 is 1.33 bits per heavy atom. The highest BCUT2D eigenvalue weighted by molar-refractivity contribution is 7.89. The van der Waals surface area contributed by atoms with Gasteiger partial charge < -0.3 is 9.73 Å². The van der Waals surface area contributed by atoms with E-state index in [2.05, 4.69) is 10.3 Å². The summed E-state index contributed by atoms with van der Waals surface area (Å²) < 4.78 is 27.4. The molecule has 0 fully saturated rings. The van der Waals surface area contributed by atoms with E-state index in [-0.39, 0.29) is 4.90 Å². The van der Waals surface area contributed by atoms with Gasteiger partial charge in [0.1, 0.15) is 5.76 Å². The largest absolute Gasteiger partial charge is 0.444 e. The zero-order valence-corrected chi connectivity index (χ0v) is 10.6. The summed E-state index contributed by atoms with van der Waals surface area (Å²) in [6.07, 6.45) is 1.64. The van der Waals surface area contributed by atoms with Gasteiger partial charge in [0, 0.05) is 5.69 Å². The molecule has 18 heavy (non-hydrogen) atoms. The summed E-state index contributed by atoms with van der Waals surface area (Å²) in [4.78, 5) is 4.13. The molecular weight excluding hydrogens is 254 g/mol. The van der Waals surface area contributed by atoms with Crippen LogP contribution in [0.3, 0.4) is 0 Å². The fourth-order valence-electron chi connectivity index (χ4n) is 1.42. The summed E-state index contributed by atoms with van der Waals surface area (Å²) >= 11 is 0. The molecule has 0 bridgehead atoms. The van der Waals surface area contributed by atoms with Gasteiger partial charge in [-0.3, -0.25) is 0 Å². The molecule has 0 aliphatic heterocycles. The van der Waals surface area contributed by atoms with Gasteiger partial charge in [-0.25, -0.2) is 18.5 Å². The quantitative estimate of drug-likeness (QED) is 0.868. The van der Waals surface area contributed by atoms with E-state index in [9.17, 15) is 8.42 Å². The van der Waals surface area contributed by atoms with E-state index in [1.807, 2.05) is 6.92 Å². The Morgan fingerprint density at radius 2 is 2.00 bits per heavy atom. The predicted molar refractivity (Wildman–Crippen MR) is 66.4 cm³/mol. The van der Waals surface area contributed by atoms with Crippen LogP contribution in [0.4, 0.5) is 5.69 Å². The van der Waals surface area contributed by atoms with E-state index in [0.29, 0.717) is 12.4 Å². The van der Waals surface area contributed by atoms with Gasteiger partial charge >= 0.3 is 0 Å². The van der Waals surface area contributed by atoms with Crippen LogP contribution in [-0.2, 0) is 16.6 Å². The van der Waals surface area contributed by atoms with Crippen LogP contribution >= 0.6 is 0 Å². The minimum atomic E-state index is -3.64. The van der Waals surface area contributed by atoms with Crippen molar-refractivity contribution < 1.29 is 12.8 Å². The van der Waals surface area contributed by atoms with Crippen molar-refractivity contribution in [3.8, 4) is 0 Å². The first-order chi connectivity index (χ1) is 8.45. The number of oxazole rings is 1. The van der Waals surface area contributed by atoms with Crippen molar-refractivity contribution in [3.63, 3.8) is 0 Å². The van der Waals surface area contributed by atoms with Crippen LogP contribution in [0.2, 0.25) is 0 Å². The summed E-state index contributed by atoms with van der Waals surface area (Å²) in [5.74, 6) is 1.32. The van der Waals surface area contributed by atoms with Gasteiger partial charge in [0.25, 0.3) is 0 Å². The van der Waals surface area contributed by atoms with Gasteiger partial charge in [0.15, 0.2) is 0 Å². The average molecular weight is 267 g/mol. The molecular formula is C11H13N3O3S. The second kappa shape index (κ2) is 4.79. The molecule has 0 unspecified atom stereocenters. The van der Waals surface area contributed by atoms with Crippen LogP contribution in [0.25, 0.3) is 0 Å². The highest BCUT2D eigenvalue weighted by Crippen LogP contribution is 2.13. The zero-order valence-electron chi connectivity index (χ0n) is 9.75. The van der Waals surface area contributed by atoms with Gasteiger partial charge in [-0.15, -0.1) is 0 Å². The van der Waals surface area contributed by atoms with E-state index in [0.717, 1.165) is 11.4 Å². The second-order valence-corrected chi connectivity index (χ2v) is 5.35. The molecule has 1 aromatic carbocycles. The number of sulfonamides is 1. The second-order valence-electron chi connectivity index (χ2n) is 3.79. The average Bonchev–Trinajstić information content (AvgIpc) is 2.72. The lowest BCUT2D eigenvalue weighted by atomic mass is 10.3. The summed E-state index contributed by atoms with van der Waals surface area (Å²) in [6, 6.07) is 6.15. The van der Waals surface area contributed by atoms with Crippen LogP contribution in [-0.4, -0.2) is 13.4 Å². The number of anilines is 1. The van der Waals surface area contributed by atoms with Crippen LogP contribution in [0.15, 0.2) is 39.8 Å². The van der Waals surface area contributed by atoms with Crippen LogP contribution in [0.1, 0.15) is 11.7 Å². The molecule has 96 valence electrons. The Balaban J connectivity index is 2.03. The first-order valence-corrected chi connectivity index (χ1v) is 6.78. The van der Waals surface area contributed by atoms with E-state index >= 15 is 0 Å². The normalized spacial score (nSPS) is 11.4. The third kappa shape index (κ3) is 3.08. The van der Waals surface area contributed by atoms with Gasteiger partial charge in [-0.2, -0.15) is 0 Å². The molecule has 7 heteroatoms. The number of primary sulfonamides is 1. The number of hydrogen-bond donors (Lipinski definition) is 2. The smallest absolute Gasteiger partial charge is 0.238 e. The van der Waals surface area contributed by atoms with Gasteiger partial charge in [0.05, 0.1) is 17.6 Å². The molecule has 0 aliphatic rings. The van der Waals surface area contributed by atoms with Gasteiger partial charge in [0.2, 0.25) is 15.9 Å². The third-order valence-corrected chi connectivity index (χ3v) is 3.22. The maximum Gasteiger partial charge on any atom is 0.238 e. The number of nitrogens with two attached hydrogens (primary N) is 1. The van der Waals surface area contributed by atoms with Crippen molar-refractivity contribution in [3.05, 3.63) is 42.1 Å². The van der Waals surface area contributed by atoms with E-state index in [4.69, 9.17) is 9.56 Å². The zero-order chi connectivity index (χ0) is 13.2. The Hall–Kier alpha value is -1.86. The first kappa shape index (κ1) is 12.6. The monoisotopic (exact) mass is 267 g/mol. The minimum absolute atomic E-state index is 0.0834. The standard InChI is InChI=1S/C11H13N3O3S/c1-8-6-14-11(17-8)7-13-9-2-4-10(5-3-9)18(12,15)16/h2-6,13H,7H2,1H3,(H2,12,15,16). The number of hydrogen-bond acceptors (Lipinski definition) is 5. The van der Waals surface area contributed by atoms with Crippen molar-refractivity contribution in [1.29, 1.82) is 0 Å². The molecule has 0 atom stereocenters. The topological polar surface area (TPSA) is 98.2 Å². The fourth-order valence-corrected chi connectivity index (χ4v) is 1.94. The maximum atomic E-state index is 11.1. The molecule has 0 saturated heterocycles. The lowest BCUT2D eigenvalue weighted by molar-refractivity contribution is 0.479. The lowest BCUT2D eigenvalue weighted by Gasteiger charge is -2.04. The molecule has 3 N–H and O–H groups in total. The Labute approximate surface area is 105 Å². The van der Waals surface area contributed by atoms with Crippen LogP contribution < -0.4 is 10.5 Å². The number of aromatic nitrogens is 1. The molecule has 2 rings (SSSR count). The van der Waals surface area contributed by atoms with Gasteiger partial charge in [-0.05, 0) is 31.2 Å². The van der Waals surface area contributed by atoms with Gasteiger partial charge in [-0.1, -0.05) is 0 Å². The molecule has 6 nitrogen and oxygen atoms in total. The van der Waals surface area contributed by atoms with Crippen molar-refractivity contribution in [2.45, 2.75) is 18.4 Å². The SMILES string of the molecule is Cc1cnc(CNc2ccc(S(N)(=O)=O)cc2)o1. The highest BCUT2D eigenvalue weighted by Gasteiger charge is 2.06. The lowest BCUT2D eigenvalue weighted by Crippen LogP contribution is -2.12. The summed E-state index contributed by atoms with van der Waals surface area (Å²) in [5.41, 5.74) is 0.762. The van der Waals surface area contributed by atoms with Crippen LogP contribution in [0.5, 0.6) is 0 Å². The Kier molecular flexibility index (Phi) is 3.35. The van der Waals surface area contributed by atoms with Crippen LogP contribution in [0, 0.1) is 6.92 Å². The number of benzene rings is 1. The highest BCUT2D eigenvalue weighted by atomic mass is 32.2. The molecule has 1 heterocycles. The fraction of sp³-hybridized carbons (Fsp3) is 0.182. The molecule has 0 saturated carbocycles. The number of nitrogens with one attached hydrogen (secondary N) is 1. The van der Waals surface area contributed by atoms with Crippen molar-refractivity contribution in [2.24, 2.45) is 5.14 Å². The maximum absolute atomic E-state index is 11.1. The van der Waals surface area contributed by atoms with E-state index < -0.39 is 10.0 Å². The minimum Gasteiger partial charge on any atom is -0.444 e. The van der Waals surface area contributed by atoms with E-state index in [1.54, 1.807) is 18.3 Å². The van der Waals surface area contributed by atoms with Crippen molar-refractivity contribution in [1.82, 2.24) is 4.98 Å². The van der Waals surface area contributed by atoms with Crippen molar-refractivity contribution >= 4 is 15.7 Å². The number of nitrogens with zero attached hydrogens (tertiary/aromatic N) is 1. The molecule has 2 aromatic rings. The van der Waals surface area contributed by atoms with Crippen molar-refractivity contribution in [2.75, 3.05) is 5.32 Å². The predicted octanol–water partition coefficient (Wildman–Crippen LogP) is 1.24. The Morgan fingerprint density at radius 3 is 2.50 bits per heavy atom. The number of rotatable bonds is 4. The summed E-state index contributed by atoms with van der Waals surface area (Å²) in [5, 5.41) is 8.06. The first-order valence-electron chi connectivity index (χ1n) is 5.23. The molecule has 0 aliphatic carbocycles. The molecule has 1 aromatic heterocycles.